The molecule has 1 aliphatic carbocycles. The highest BCUT2D eigenvalue weighted by Crippen LogP contribution is 2.29. The fourth-order valence-corrected chi connectivity index (χ4v) is 3.75. The molecule has 2 aliphatic rings. The maximum absolute atomic E-state index is 5.58. The van der Waals surface area contributed by atoms with Crippen molar-refractivity contribution in [1.29, 1.82) is 0 Å². The molecule has 1 aliphatic heterocycles. The van der Waals surface area contributed by atoms with Crippen LogP contribution < -0.4 is 11.3 Å². The van der Waals surface area contributed by atoms with Crippen molar-refractivity contribution in [3.05, 3.63) is 11.8 Å². The Morgan fingerprint density at radius 1 is 1.44 bits per heavy atom. The molecule has 3 nitrogen and oxygen atoms in total. The Morgan fingerprint density at radius 2 is 2.25 bits per heavy atom. The van der Waals surface area contributed by atoms with Crippen molar-refractivity contribution in [2.75, 3.05) is 12.4 Å². The molecule has 0 amide bonds. The van der Waals surface area contributed by atoms with E-state index >= 15 is 0 Å². The monoisotopic (exact) mass is 242 g/mol. The Labute approximate surface area is 102 Å². The number of thioether (sulfide) groups is 1. The van der Waals surface area contributed by atoms with Crippen LogP contribution in [0, 0.1) is 0 Å². The summed E-state index contributed by atoms with van der Waals surface area (Å²) in [7, 11) is 0. The van der Waals surface area contributed by atoms with E-state index in [2.05, 4.69) is 23.3 Å². The second kappa shape index (κ2) is 6.52. The Bertz CT molecular complexity index is 239. The van der Waals surface area contributed by atoms with Crippen molar-refractivity contribution in [2.24, 2.45) is 5.84 Å². The van der Waals surface area contributed by atoms with Gasteiger partial charge in [-0.05, 0) is 18.9 Å². The van der Waals surface area contributed by atoms with Gasteiger partial charge in [0.25, 0.3) is 0 Å². The number of ether oxygens (including phenoxy) is 1. The highest BCUT2D eigenvalue weighted by atomic mass is 32.2. The minimum absolute atomic E-state index is 0.203. The van der Waals surface area contributed by atoms with E-state index in [9.17, 15) is 0 Å². The summed E-state index contributed by atoms with van der Waals surface area (Å²) in [4.78, 5) is 0. The van der Waals surface area contributed by atoms with Crippen LogP contribution in [0.15, 0.2) is 11.8 Å². The molecule has 1 saturated carbocycles. The number of nitrogens with two attached hydrogens (primary N) is 1. The molecule has 0 aromatic heterocycles. The Morgan fingerprint density at radius 3 is 2.88 bits per heavy atom. The summed E-state index contributed by atoms with van der Waals surface area (Å²) in [5.41, 5.74) is 2.87. The zero-order valence-electron chi connectivity index (χ0n) is 9.78. The fraction of sp³-hybridized carbons (Fsp3) is 0.833. The first kappa shape index (κ1) is 12.3. The van der Waals surface area contributed by atoms with Crippen molar-refractivity contribution in [2.45, 2.75) is 49.8 Å². The molecule has 1 unspecified atom stereocenters. The predicted molar refractivity (Wildman–Crippen MR) is 69.1 cm³/mol. The molecule has 2 rings (SSSR count). The van der Waals surface area contributed by atoms with Gasteiger partial charge in [0.2, 0.25) is 0 Å². The lowest BCUT2D eigenvalue weighted by atomic mass is 10.0. The van der Waals surface area contributed by atoms with Gasteiger partial charge in [-0.2, -0.15) is 11.8 Å². The molecule has 0 aromatic carbocycles. The van der Waals surface area contributed by atoms with E-state index < -0.39 is 0 Å². The molecule has 0 aromatic rings. The molecule has 1 fully saturated rings. The summed E-state index contributed by atoms with van der Waals surface area (Å²) in [6.07, 6.45) is 10.2. The van der Waals surface area contributed by atoms with Gasteiger partial charge in [-0.1, -0.05) is 19.3 Å². The molecular weight excluding hydrogens is 220 g/mol. The van der Waals surface area contributed by atoms with Crippen molar-refractivity contribution in [3.8, 4) is 0 Å². The average molecular weight is 242 g/mol. The minimum Gasteiger partial charge on any atom is -0.496 e. The molecule has 1 heterocycles. The first-order chi connectivity index (χ1) is 7.90. The van der Waals surface area contributed by atoms with Crippen molar-refractivity contribution >= 4 is 11.8 Å². The lowest BCUT2D eigenvalue weighted by Crippen LogP contribution is -2.39. The molecule has 0 spiro atoms. The van der Waals surface area contributed by atoms with Gasteiger partial charge in [0.1, 0.15) is 5.76 Å². The molecular formula is C12H22N2OS. The van der Waals surface area contributed by atoms with Crippen LogP contribution in [0.2, 0.25) is 0 Å². The second-order valence-corrected chi connectivity index (χ2v) is 5.89. The summed E-state index contributed by atoms with van der Waals surface area (Å²) in [6, 6.07) is 0.203. The van der Waals surface area contributed by atoms with Gasteiger partial charge in [0.05, 0.1) is 12.6 Å². The van der Waals surface area contributed by atoms with E-state index in [1.165, 1.54) is 32.1 Å². The molecule has 16 heavy (non-hydrogen) atoms. The maximum Gasteiger partial charge on any atom is 0.111 e. The Balaban J connectivity index is 1.73. The largest absolute Gasteiger partial charge is 0.496 e. The van der Waals surface area contributed by atoms with Gasteiger partial charge in [0.15, 0.2) is 0 Å². The molecule has 1 atom stereocenters. The van der Waals surface area contributed by atoms with Gasteiger partial charge >= 0.3 is 0 Å². The third-order valence-electron chi connectivity index (χ3n) is 3.33. The SMILES string of the molecule is NNC(CSC1CCCCC1)C1=CCCO1. The normalized spacial score (nSPS) is 23.9. The van der Waals surface area contributed by atoms with Crippen LogP contribution in [-0.4, -0.2) is 23.7 Å². The van der Waals surface area contributed by atoms with Crippen LogP contribution in [0.3, 0.4) is 0 Å². The highest BCUT2D eigenvalue weighted by molar-refractivity contribution is 7.99. The summed E-state index contributed by atoms with van der Waals surface area (Å²) in [5.74, 6) is 7.67. The lowest BCUT2D eigenvalue weighted by Gasteiger charge is -2.24. The molecule has 4 heteroatoms. The van der Waals surface area contributed by atoms with Crippen LogP contribution in [-0.2, 0) is 4.74 Å². The number of hydrogen-bond donors (Lipinski definition) is 2. The van der Waals surface area contributed by atoms with E-state index in [-0.39, 0.29) is 6.04 Å². The summed E-state index contributed by atoms with van der Waals surface area (Å²) in [6.45, 7) is 0.821. The first-order valence-corrected chi connectivity index (χ1v) is 7.35. The minimum atomic E-state index is 0.203. The third-order valence-corrected chi connectivity index (χ3v) is 4.80. The second-order valence-electron chi connectivity index (χ2n) is 4.56. The molecule has 3 N–H and O–H groups in total. The van der Waals surface area contributed by atoms with Crippen molar-refractivity contribution < 1.29 is 4.74 Å². The van der Waals surface area contributed by atoms with Crippen LogP contribution >= 0.6 is 11.8 Å². The first-order valence-electron chi connectivity index (χ1n) is 6.30. The van der Waals surface area contributed by atoms with E-state index in [4.69, 9.17) is 10.6 Å². The van der Waals surface area contributed by atoms with Gasteiger partial charge < -0.3 is 4.74 Å². The summed E-state index contributed by atoms with van der Waals surface area (Å²) < 4.78 is 5.55. The van der Waals surface area contributed by atoms with Crippen LogP contribution in [0.25, 0.3) is 0 Å². The average Bonchev–Trinajstić information content (AvgIpc) is 2.85. The quantitative estimate of drug-likeness (QED) is 0.573. The molecule has 0 radical (unpaired) electrons. The number of hydrogen-bond acceptors (Lipinski definition) is 4. The summed E-state index contributed by atoms with van der Waals surface area (Å²) >= 11 is 2.05. The van der Waals surface area contributed by atoms with Gasteiger partial charge in [-0.3, -0.25) is 5.84 Å². The fourth-order valence-electron chi connectivity index (χ4n) is 2.36. The molecule has 0 bridgehead atoms. The zero-order valence-corrected chi connectivity index (χ0v) is 10.6. The predicted octanol–water partition coefficient (Wildman–Crippen LogP) is 2.19. The lowest BCUT2D eigenvalue weighted by molar-refractivity contribution is 0.220. The van der Waals surface area contributed by atoms with E-state index in [0.717, 1.165) is 29.8 Å². The van der Waals surface area contributed by atoms with Gasteiger partial charge in [-0.15, -0.1) is 0 Å². The summed E-state index contributed by atoms with van der Waals surface area (Å²) in [5, 5.41) is 0.839. The number of nitrogens with one attached hydrogen (secondary N) is 1. The van der Waals surface area contributed by atoms with Gasteiger partial charge in [0, 0.05) is 17.4 Å². The smallest absolute Gasteiger partial charge is 0.111 e. The number of hydrazine groups is 1. The topological polar surface area (TPSA) is 47.3 Å². The Kier molecular flexibility index (Phi) is 5.00. The zero-order chi connectivity index (χ0) is 11.2. The Hall–Kier alpha value is -0.190. The van der Waals surface area contributed by atoms with E-state index in [1.54, 1.807) is 0 Å². The maximum atomic E-state index is 5.58. The van der Waals surface area contributed by atoms with Crippen molar-refractivity contribution in [1.82, 2.24) is 5.43 Å². The van der Waals surface area contributed by atoms with Crippen LogP contribution in [0.5, 0.6) is 0 Å². The van der Waals surface area contributed by atoms with E-state index in [0.29, 0.717) is 0 Å². The third kappa shape index (κ3) is 3.40. The molecule has 92 valence electrons. The van der Waals surface area contributed by atoms with Crippen LogP contribution in [0.4, 0.5) is 0 Å². The molecule has 0 saturated heterocycles. The highest BCUT2D eigenvalue weighted by Gasteiger charge is 2.20. The van der Waals surface area contributed by atoms with Crippen molar-refractivity contribution in [3.63, 3.8) is 0 Å². The van der Waals surface area contributed by atoms with Gasteiger partial charge in [-0.25, -0.2) is 5.43 Å². The van der Waals surface area contributed by atoms with E-state index in [1.807, 2.05) is 0 Å². The van der Waals surface area contributed by atoms with Crippen LogP contribution in [0.1, 0.15) is 38.5 Å². The standard InChI is InChI=1S/C12H22N2OS/c13-14-11(12-7-4-8-15-12)9-16-10-5-2-1-3-6-10/h7,10-11,14H,1-6,8-9,13H2. The number of rotatable bonds is 5.